The number of hydrogen-bond acceptors (Lipinski definition) is 3. The maximum atomic E-state index is 12.4. The Bertz CT molecular complexity index is 1200. The Morgan fingerprint density at radius 2 is 1.76 bits per heavy atom. The van der Waals surface area contributed by atoms with Gasteiger partial charge in [0.15, 0.2) is 0 Å². The summed E-state index contributed by atoms with van der Waals surface area (Å²) in [6, 6.07) is 21.6. The SMILES string of the molecule is O=C(O)c1c(CN2CCn3cccc3C2)c(-c2ccccc2)nc2ccccc12. The molecule has 0 spiro atoms. The van der Waals surface area contributed by atoms with Crippen molar-refractivity contribution in [2.75, 3.05) is 6.54 Å². The number of aromatic carboxylic acids is 1. The molecular formula is C24H21N3O2. The molecule has 0 fully saturated rings. The van der Waals surface area contributed by atoms with Gasteiger partial charge in [0, 0.05) is 54.6 Å². The molecule has 2 aromatic heterocycles. The summed E-state index contributed by atoms with van der Waals surface area (Å²) in [7, 11) is 0. The van der Waals surface area contributed by atoms with Crippen LogP contribution in [0.1, 0.15) is 21.6 Å². The number of carbonyl (C=O) groups is 1. The number of nitrogens with zero attached hydrogens (tertiary/aromatic N) is 3. The van der Waals surface area contributed by atoms with Crippen molar-refractivity contribution in [2.24, 2.45) is 0 Å². The van der Waals surface area contributed by atoms with Crippen LogP contribution >= 0.6 is 0 Å². The molecule has 0 amide bonds. The smallest absolute Gasteiger partial charge is 0.336 e. The molecule has 0 saturated heterocycles. The van der Waals surface area contributed by atoms with E-state index in [9.17, 15) is 9.90 Å². The monoisotopic (exact) mass is 383 g/mol. The summed E-state index contributed by atoms with van der Waals surface area (Å²) in [4.78, 5) is 19.6. The first-order valence-electron chi connectivity index (χ1n) is 9.77. The van der Waals surface area contributed by atoms with Crippen molar-refractivity contribution in [3.8, 4) is 11.3 Å². The summed E-state index contributed by atoms with van der Waals surface area (Å²) in [6.07, 6.45) is 2.10. The van der Waals surface area contributed by atoms with Crippen molar-refractivity contribution < 1.29 is 9.90 Å². The summed E-state index contributed by atoms with van der Waals surface area (Å²) in [5.74, 6) is -0.906. The Kier molecular flexibility index (Phi) is 4.37. The molecule has 1 aliphatic rings. The average Bonchev–Trinajstić information content (AvgIpc) is 3.21. The minimum Gasteiger partial charge on any atom is -0.478 e. The molecule has 5 nitrogen and oxygen atoms in total. The van der Waals surface area contributed by atoms with Crippen LogP contribution in [0.2, 0.25) is 0 Å². The third-order valence-electron chi connectivity index (χ3n) is 5.60. The van der Waals surface area contributed by atoms with Crippen LogP contribution in [-0.2, 0) is 19.6 Å². The second-order valence-electron chi connectivity index (χ2n) is 7.41. The van der Waals surface area contributed by atoms with E-state index in [2.05, 4.69) is 27.8 Å². The largest absolute Gasteiger partial charge is 0.478 e. The lowest BCUT2D eigenvalue weighted by atomic mass is 9.96. The second kappa shape index (κ2) is 7.18. The van der Waals surface area contributed by atoms with E-state index in [1.165, 1.54) is 5.69 Å². The lowest BCUT2D eigenvalue weighted by Gasteiger charge is -2.29. The Morgan fingerprint density at radius 1 is 0.966 bits per heavy atom. The number of benzene rings is 2. The van der Waals surface area contributed by atoms with Crippen LogP contribution in [0.5, 0.6) is 0 Å². The summed E-state index contributed by atoms with van der Waals surface area (Å²) < 4.78 is 2.26. The standard InChI is InChI=1S/C24H21N3O2/c28-24(29)22-19-10-4-5-11-21(19)25-23(17-7-2-1-3-8-17)20(22)16-26-13-14-27-12-6-9-18(27)15-26/h1-12H,13-16H2,(H,28,29). The number of para-hydroxylation sites is 1. The van der Waals surface area contributed by atoms with E-state index in [1.807, 2.05) is 54.6 Å². The van der Waals surface area contributed by atoms with Gasteiger partial charge in [0.25, 0.3) is 0 Å². The van der Waals surface area contributed by atoms with Crippen LogP contribution in [0.3, 0.4) is 0 Å². The van der Waals surface area contributed by atoms with Crippen molar-refractivity contribution in [1.82, 2.24) is 14.5 Å². The van der Waals surface area contributed by atoms with Gasteiger partial charge in [-0.25, -0.2) is 9.78 Å². The Balaban J connectivity index is 1.67. The van der Waals surface area contributed by atoms with Gasteiger partial charge < -0.3 is 9.67 Å². The highest BCUT2D eigenvalue weighted by Crippen LogP contribution is 2.32. The number of carboxylic acid groups (broad SMARTS) is 1. The maximum absolute atomic E-state index is 12.4. The van der Waals surface area contributed by atoms with Gasteiger partial charge in [-0.15, -0.1) is 0 Å². The van der Waals surface area contributed by atoms with Gasteiger partial charge in [0.1, 0.15) is 0 Å². The van der Waals surface area contributed by atoms with E-state index < -0.39 is 5.97 Å². The van der Waals surface area contributed by atoms with Gasteiger partial charge in [-0.1, -0.05) is 48.5 Å². The normalized spacial score (nSPS) is 14.1. The molecule has 0 unspecified atom stereocenters. The average molecular weight is 383 g/mol. The summed E-state index contributed by atoms with van der Waals surface area (Å²) in [6.45, 7) is 3.14. The number of rotatable bonds is 4. The molecule has 0 radical (unpaired) electrons. The fraction of sp³-hybridized carbons (Fsp3) is 0.167. The van der Waals surface area contributed by atoms with Crippen LogP contribution < -0.4 is 0 Å². The maximum Gasteiger partial charge on any atom is 0.336 e. The minimum absolute atomic E-state index is 0.357. The molecule has 0 aliphatic carbocycles. The number of pyridine rings is 1. The Labute approximate surface area is 168 Å². The van der Waals surface area contributed by atoms with E-state index in [-0.39, 0.29) is 0 Å². The first-order valence-corrected chi connectivity index (χ1v) is 9.77. The first-order chi connectivity index (χ1) is 14.2. The zero-order valence-electron chi connectivity index (χ0n) is 16.0. The topological polar surface area (TPSA) is 58.4 Å². The highest BCUT2D eigenvalue weighted by atomic mass is 16.4. The number of carboxylic acids is 1. The molecule has 5 heteroatoms. The van der Waals surface area contributed by atoms with E-state index in [0.717, 1.165) is 36.5 Å². The van der Waals surface area contributed by atoms with Gasteiger partial charge >= 0.3 is 5.97 Å². The van der Waals surface area contributed by atoms with E-state index in [4.69, 9.17) is 4.98 Å². The van der Waals surface area contributed by atoms with Crippen molar-refractivity contribution in [2.45, 2.75) is 19.6 Å². The van der Waals surface area contributed by atoms with E-state index >= 15 is 0 Å². The molecule has 0 saturated carbocycles. The minimum atomic E-state index is -0.906. The van der Waals surface area contributed by atoms with Gasteiger partial charge in [-0.2, -0.15) is 0 Å². The summed E-state index contributed by atoms with van der Waals surface area (Å²) >= 11 is 0. The number of hydrogen-bond donors (Lipinski definition) is 1. The predicted octanol–water partition coefficient (Wildman–Crippen LogP) is 4.42. The van der Waals surface area contributed by atoms with Crippen LogP contribution in [0.15, 0.2) is 72.9 Å². The summed E-state index contributed by atoms with van der Waals surface area (Å²) in [5.41, 5.74) is 4.79. The molecule has 144 valence electrons. The van der Waals surface area contributed by atoms with Crippen LogP contribution in [0.4, 0.5) is 0 Å². The third kappa shape index (κ3) is 3.19. The molecule has 2 aromatic carbocycles. The van der Waals surface area contributed by atoms with E-state index in [0.29, 0.717) is 23.0 Å². The molecule has 0 bridgehead atoms. The van der Waals surface area contributed by atoms with Crippen LogP contribution in [0, 0.1) is 0 Å². The first kappa shape index (κ1) is 17.6. The van der Waals surface area contributed by atoms with Crippen molar-refractivity contribution in [3.63, 3.8) is 0 Å². The molecule has 5 rings (SSSR count). The van der Waals surface area contributed by atoms with Crippen molar-refractivity contribution >= 4 is 16.9 Å². The number of fused-ring (bicyclic) bond motifs is 2. The van der Waals surface area contributed by atoms with Crippen molar-refractivity contribution in [1.29, 1.82) is 0 Å². The van der Waals surface area contributed by atoms with Gasteiger partial charge in [0.05, 0.1) is 16.8 Å². The molecule has 4 aromatic rings. The highest BCUT2D eigenvalue weighted by Gasteiger charge is 2.24. The fourth-order valence-electron chi connectivity index (χ4n) is 4.21. The van der Waals surface area contributed by atoms with Gasteiger partial charge in [0.2, 0.25) is 0 Å². The molecule has 29 heavy (non-hydrogen) atoms. The Hall–Kier alpha value is -3.44. The van der Waals surface area contributed by atoms with E-state index in [1.54, 1.807) is 0 Å². The zero-order valence-corrected chi connectivity index (χ0v) is 16.0. The van der Waals surface area contributed by atoms with Gasteiger partial charge in [-0.3, -0.25) is 4.90 Å². The predicted molar refractivity (Wildman–Crippen MR) is 113 cm³/mol. The fourth-order valence-corrected chi connectivity index (χ4v) is 4.21. The van der Waals surface area contributed by atoms with Crippen LogP contribution in [-0.4, -0.2) is 32.1 Å². The summed E-state index contributed by atoms with van der Waals surface area (Å²) in [5, 5.41) is 10.8. The van der Waals surface area contributed by atoms with Gasteiger partial charge in [-0.05, 0) is 18.2 Å². The zero-order chi connectivity index (χ0) is 19.8. The molecular weight excluding hydrogens is 362 g/mol. The molecule has 1 aliphatic heterocycles. The lowest BCUT2D eigenvalue weighted by Crippen LogP contribution is -2.33. The second-order valence-corrected chi connectivity index (χ2v) is 7.41. The molecule has 0 atom stereocenters. The quantitative estimate of drug-likeness (QED) is 0.567. The Morgan fingerprint density at radius 3 is 2.59 bits per heavy atom. The lowest BCUT2D eigenvalue weighted by molar-refractivity contribution is 0.0696. The molecule has 1 N–H and O–H groups in total. The number of aromatic nitrogens is 2. The van der Waals surface area contributed by atoms with Crippen LogP contribution in [0.25, 0.3) is 22.2 Å². The highest BCUT2D eigenvalue weighted by molar-refractivity contribution is 6.05. The third-order valence-corrected chi connectivity index (χ3v) is 5.60. The van der Waals surface area contributed by atoms with Crippen molar-refractivity contribution in [3.05, 3.63) is 89.7 Å². The molecule has 3 heterocycles.